The topological polar surface area (TPSA) is 66.5 Å². The average Bonchev–Trinajstić information content (AvgIpc) is 2.30. The summed E-state index contributed by atoms with van der Waals surface area (Å²) in [5.74, 6) is -0.285. The standard InChI is InChI=1S/C13H20N2O3S/c1-9-6-7-12(8-10(9)2)19(17,18)14-11(3)13(16)15(4)5/h6-8,11,14H,1-5H3. The predicted molar refractivity (Wildman–Crippen MR) is 74.4 cm³/mol. The lowest BCUT2D eigenvalue weighted by molar-refractivity contribution is -0.130. The van der Waals surface area contributed by atoms with Crippen molar-refractivity contribution in [2.45, 2.75) is 31.7 Å². The van der Waals surface area contributed by atoms with Gasteiger partial charge >= 0.3 is 0 Å². The molecule has 5 nitrogen and oxygen atoms in total. The van der Waals surface area contributed by atoms with Gasteiger partial charge in [-0.1, -0.05) is 6.07 Å². The third kappa shape index (κ3) is 3.78. The molecule has 106 valence electrons. The Bertz CT molecular complexity index is 580. The van der Waals surface area contributed by atoms with Crippen LogP contribution < -0.4 is 4.72 Å². The third-order valence-corrected chi connectivity index (χ3v) is 4.47. The molecule has 6 heteroatoms. The summed E-state index contributed by atoms with van der Waals surface area (Å²) in [6.07, 6.45) is 0. The van der Waals surface area contributed by atoms with E-state index >= 15 is 0 Å². The maximum atomic E-state index is 12.2. The second-order valence-corrected chi connectivity index (χ2v) is 6.54. The quantitative estimate of drug-likeness (QED) is 0.899. The van der Waals surface area contributed by atoms with Crippen molar-refractivity contribution in [3.8, 4) is 0 Å². The van der Waals surface area contributed by atoms with E-state index in [4.69, 9.17) is 0 Å². The summed E-state index contributed by atoms with van der Waals surface area (Å²) in [4.78, 5) is 13.2. The molecule has 0 radical (unpaired) electrons. The number of amides is 1. The molecule has 0 saturated carbocycles. The van der Waals surface area contributed by atoms with Gasteiger partial charge in [0, 0.05) is 14.1 Å². The molecule has 0 aliphatic rings. The van der Waals surface area contributed by atoms with Gasteiger partial charge in [-0.2, -0.15) is 4.72 Å². The average molecular weight is 284 g/mol. The Balaban J connectivity index is 2.99. The van der Waals surface area contributed by atoms with E-state index in [1.165, 1.54) is 17.9 Å². The summed E-state index contributed by atoms with van der Waals surface area (Å²) in [5, 5.41) is 0. The predicted octanol–water partition coefficient (Wildman–Crippen LogP) is 1.06. The van der Waals surface area contributed by atoms with Crippen molar-refractivity contribution in [1.29, 1.82) is 0 Å². The highest BCUT2D eigenvalue weighted by molar-refractivity contribution is 7.89. The van der Waals surface area contributed by atoms with Gasteiger partial charge in [-0.3, -0.25) is 4.79 Å². The fourth-order valence-electron chi connectivity index (χ4n) is 1.62. The first-order valence-corrected chi connectivity index (χ1v) is 7.44. The minimum absolute atomic E-state index is 0.175. The van der Waals surface area contributed by atoms with E-state index in [1.54, 1.807) is 26.2 Å². The highest BCUT2D eigenvalue weighted by Gasteiger charge is 2.23. The summed E-state index contributed by atoms with van der Waals surface area (Å²) in [5.41, 5.74) is 1.92. The number of hydrogen-bond acceptors (Lipinski definition) is 3. The van der Waals surface area contributed by atoms with Gasteiger partial charge in [0.05, 0.1) is 10.9 Å². The molecule has 0 spiro atoms. The highest BCUT2D eigenvalue weighted by Crippen LogP contribution is 2.15. The Morgan fingerprint density at radius 1 is 1.21 bits per heavy atom. The SMILES string of the molecule is Cc1ccc(S(=O)(=O)NC(C)C(=O)N(C)C)cc1C. The number of hydrogen-bond donors (Lipinski definition) is 1. The smallest absolute Gasteiger partial charge is 0.241 e. The van der Waals surface area contributed by atoms with Gasteiger partial charge in [0.25, 0.3) is 0 Å². The Kier molecular flexibility index (Phi) is 4.70. The highest BCUT2D eigenvalue weighted by atomic mass is 32.2. The minimum atomic E-state index is -3.67. The number of carbonyl (C=O) groups is 1. The third-order valence-electron chi connectivity index (χ3n) is 2.93. The molecule has 1 unspecified atom stereocenters. The summed E-state index contributed by atoms with van der Waals surface area (Å²) in [7, 11) is -0.502. The van der Waals surface area contributed by atoms with Crippen LogP contribution in [0.5, 0.6) is 0 Å². The van der Waals surface area contributed by atoms with Crippen LogP contribution in [0.1, 0.15) is 18.1 Å². The van der Waals surface area contributed by atoms with Crippen molar-refractivity contribution in [2.75, 3.05) is 14.1 Å². The lowest BCUT2D eigenvalue weighted by atomic mass is 10.1. The maximum Gasteiger partial charge on any atom is 0.241 e. The Labute approximate surface area is 114 Å². The first-order chi connectivity index (χ1) is 8.65. The van der Waals surface area contributed by atoms with Gasteiger partial charge in [0.1, 0.15) is 0 Å². The second-order valence-electron chi connectivity index (χ2n) is 4.82. The number of nitrogens with one attached hydrogen (secondary N) is 1. The first-order valence-electron chi connectivity index (χ1n) is 5.96. The number of aryl methyl sites for hydroxylation is 2. The molecule has 1 rings (SSSR count). The lowest BCUT2D eigenvalue weighted by Crippen LogP contribution is -2.44. The molecular formula is C13H20N2O3S. The fourth-order valence-corrected chi connectivity index (χ4v) is 2.90. The summed E-state index contributed by atoms with van der Waals surface area (Å²) < 4.78 is 26.7. The van der Waals surface area contributed by atoms with Gasteiger partial charge in [-0.15, -0.1) is 0 Å². The molecule has 0 fully saturated rings. The van der Waals surface area contributed by atoms with Crippen molar-refractivity contribution >= 4 is 15.9 Å². The van der Waals surface area contributed by atoms with Crippen LogP contribution >= 0.6 is 0 Å². The number of carbonyl (C=O) groups excluding carboxylic acids is 1. The maximum absolute atomic E-state index is 12.2. The Morgan fingerprint density at radius 3 is 2.26 bits per heavy atom. The van der Waals surface area contributed by atoms with Crippen molar-refractivity contribution in [1.82, 2.24) is 9.62 Å². The van der Waals surface area contributed by atoms with E-state index in [0.29, 0.717) is 0 Å². The molecule has 0 heterocycles. The lowest BCUT2D eigenvalue weighted by Gasteiger charge is -2.18. The van der Waals surface area contributed by atoms with Crippen LogP contribution in [0, 0.1) is 13.8 Å². The molecule has 1 aromatic carbocycles. The van der Waals surface area contributed by atoms with Crippen LogP contribution in [0.2, 0.25) is 0 Å². The normalized spacial score (nSPS) is 13.1. The number of likely N-dealkylation sites (N-methyl/N-ethyl adjacent to an activating group) is 1. The zero-order valence-electron chi connectivity index (χ0n) is 11.9. The Morgan fingerprint density at radius 2 is 1.79 bits per heavy atom. The van der Waals surface area contributed by atoms with E-state index in [0.717, 1.165) is 11.1 Å². The number of nitrogens with zero attached hydrogens (tertiary/aromatic N) is 1. The zero-order chi connectivity index (χ0) is 14.8. The largest absolute Gasteiger partial charge is 0.347 e. The van der Waals surface area contributed by atoms with Crippen LogP contribution in [0.4, 0.5) is 0 Å². The Hall–Kier alpha value is -1.40. The van der Waals surface area contributed by atoms with E-state index in [-0.39, 0.29) is 10.8 Å². The van der Waals surface area contributed by atoms with Crippen molar-refractivity contribution in [2.24, 2.45) is 0 Å². The second kappa shape index (κ2) is 5.71. The van der Waals surface area contributed by atoms with Crippen molar-refractivity contribution in [3.63, 3.8) is 0 Å². The summed E-state index contributed by atoms with van der Waals surface area (Å²) in [6, 6.07) is 4.10. The molecule has 1 aromatic rings. The summed E-state index contributed by atoms with van der Waals surface area (Å²) >= 11 is 0. The molecule has 1 atom stereocenters. The van der Waals surface area contributed by atoms with Crippen molar-refractivity contribution < 1.29 is 13.2 Å². The van der Waals surface area contributed by atoms with Crippen LogP contribution in [0.25, 0.3) is 0 Å². The van der Waals surface area contributed by atoms with E-state index in [2.05, 4.69) is 4.72 Å². The zero-order valence-corrected chi connectivity index (χ0v) is 12.7. The van der Waals surface area contributed by atoms with E-state index in [1.807, 2.05) is 13.8 Å². The van der Waals surface area contributed by atoms with Crippen LogP contribution in [0.3, 0.4) is 0 Å². The van der Waals surface area contributed by atoms with Gasteiger partial charge in [0.15, 0.2) is 0 Å². The first kappa shape index (κ1) is 15.7. The van der Waals surface area contributed by atoms with E-state index in [9.17, 15) is 13.2 Å². The monoisotopic (exact) mass is 284 g/mol. The number of benzene rings is 1. The molecule has 1 amide bonds. The number of sulfonamides is 1. The van der Waals surface area contributed by atoms with Crippen LogP contribution in [0.15, 0.2) is 23.1 Å². The molecule has 0 saturated heterocycles. The minimum Gasteiger partial charge on any atom is -0.347 e. The number of rotatable bonds is 4. The molecular weight excluding hydrogens is 264 g/mol. The van der Waals surface area contributed by atoms with Gasteiger partial charge in [-0.25, -0.2) is 8.42 Å². The van der Waals surface area contributed by atoms with Gasteiger partial charge < -0.3 is 4.90 Å². The van der Waals surface area contributed by atoms with Gasteiger partial charge in [0.2, 0.25) is 15.9 Å². The van der Waals surface area contributed by atoms with Gasteiger partial charge in [-0.05, 0) is 44.0 Å². The van der Waals surface area contributed by atoms with Crippen LogP contribution in [-0.4, -0.2) is 39.4 Å². The molecule has 0 aromatic heterocycles. The van der Waals surface area contributed by atoms with Crippen molar-refractivity contribution in [3.05, 3.63) is 29.3 Å². The molecule has 1 N–H and O–H groups in total. The van der Waals surface area contributed by atoms with Crippen LogP contribution in [-0.2, 0) is 14.8 Å². The molecule has 0 aliphatic carbocycles. The fraction of sp³-hybridized carbons (Fsp3) is 0.462. The summed E-state index contributed by atoms with van der Waals surface area (Å²) in [6.45, 7) is 5.29. The van der Waals surface area contributed by atoms with E-state index < -0.39 is 16.1 Å². The molecule has 0 bridgehead atoms. The molecule has 0 aliphatic heterocycles. The molecule has 19 heavy (non-hydrogen) atoms.